The van der Waals surface area contributed by atoms with Crippen molar-refractivity contribution >= 4 is 17.4 Å². The van der Waals surface area contributed by atoms with Crippen LogP contribution in [0.2, 0.25) is 0 Å². The molecule has 5 nitrogen and oxygen atoms in total. The summed E-state index contributed by atoms with van der Waals surface area (Å²) in [5, 5.41) is 2.75. The average Bonchev–Trinajstić information content (AvgIpc) is 2.55. The molecule has 1 aliphatic heterocycles. The Hall–Kier alpha value is -2.82. The van der Waals surface area contributed by atoms with E-state index in [0.29, 0.717) is 22.7 Å². The predicted molar refractivity (Wildman–Crippen MR) is 81.4 cm³/mol. The number of Topliss-reactive ketones (excluding diaryl/α,β-unsaturated/α-hetero) is 1. The molecule has 0 spiro atoms. The molecular weight excluding hydrogens is 282 g/mol. The first-order valence-electron chi connectivity index (χ1n) is 6.94. The van der Waals surface area contributed by atoms with Gasteiger partial charge < -0.3 is 14.8 Å². The van der Waals surface area contributed by atoms with Crippen molar-refractivity contribution in [3.63, 3.8) is 0 Å². The number of nitrogens with one attached hydrogen (secondary N) is 1. The molecule has 0 bridgehead atoms. The van der Waals surface area contributed by atoms with Gasteiger partial charge in [-0.05, 0) is 43.3 Å². The smallest absolute Gasteiger partial charge is 0.269 e. The number of amides is 1. The van der Waals surface area contributed by atoms with E-state index in [1.807, 2.05) is 12.1 Å². The Morgan fingerprint density at radius 2 is 1.73 bits per heavy atom. The second-order valence-corrected chi connectivity index (χ2v) is 4.99. The van der Waals surface area contributed by atoms with E-state index in [2.05, 4.69) is 5.32 Å². The maximum atomic E-state index is 12.2. The fourth-order valence-corrected chi connectivity index (χ4v) is 2.16. The monoisotopic (exact) mass is 297 g/mol. The van der Waals surface area contributed by atoms with Gasteiger partial charge in [0.2, 0.25) is 6.10 Å². The summed E-state index contributed by atoms with van der Waals surface area (Å²) in [5.41, 5.74) is 1.21. The predicted octanol–water partition coefficient (Wildman–Crippen LogP) is 2.67. The molecule has 0 saturated carbocycles. The lowest BCUT2D eigenvalue weighted by Crippen LogP contribution is -2.40. The highest BCUT2D eigenvalue weighted by molar-refractivity contribution is 5.97. The molecule has 0 saturated heterocycles. The van der Waals surface area contributed by atoms with E-state index in [1.54, 1.807) is 36.4 Å². The number of fused-ring (bicyclic) bond motifs is 1. The minimum absolute atomic E-state index is 0.0153. The summed E-state index contributed by atoms with van der Waals surface area (Å²) < 4.78 is 11.2. The first-order valence-corrected chi connectivity index (χ1v) is 6.94. The fourth-order valence-electron chi connectivity index (χ4n) is 2.16. The molecule has 0 unspecified atom stereocenters. The Bertz CT molecular complexity index is 709. The number of hydrogen-bond donors (Lipinski definition) is 1. The summed E-state index contributed by atoms with van der Waals surface area (Å²) in [6.45, 7) is 1.66. The fraction of sp³-hybridized carbons (Fsp3) is 0.176. The van der Waals surface area contributed by atoms with Crippen molar-refractivity contribution in [3.8, 4) is 11.5 Å². The molecule has 3 rings (SSSR count). The van der Waals surface area contributed by atoms with Crippen LogP contribution >= 0.6 is 0 Å². The van der Waals surface area contributed by atoms with E-state index in [1.165, 1.54) is 6.92 Å². The van der Waals surface area contributed by atoms with Crippen molar-refractivity contribution in [1.29, 1.82) is 0 Å². The van der Waals surface area contributed by atoms with E-state index in [9.17, 15) is 9.59 Å². The van der Waals surface area contributed by atoms with Gasteiger partial charge in [0, 0.05) is 11.3 Å². The molecule has 0 fully saturated rings. The van der Waals surface area contributed by atoms with Gasteiger partial charge in [0.1, 0.15) is 6.61 Å². The summed E-state index contributed by atoms with van der Waals surface area (Å²) in [4.78, 5) is 23.4. The van der Waals surface area contributed by atoms with Crippen LogP contribution in [-0.4, -0.2) is 24.4 Å². The maximum Gasteiger partial charge on any atom is 0.269 e. The zero-order chi connectivity index (χ0) is 15.5. The molecule has 1 atom stereocenters. The van der Waals surface area contributed by atoms with E-state index in [-0.39, 0.29) is 18.3 Å². The molecule has 2 aromatic carbocycles. The second kappa shape index (κ2) is 5.89. The summed E-state index contributed by atoms with van der Waals surface area (Å²) in [6, 6.07) is 13.9. The molecule has 1 heterocycles. The van der Waals surface area contributed by atoms with E-state index in [0.717, 1.165) is 0 Å². The molecule has 1 amide bonds. The van der Waals surface area contributed by atoms with Gasteiger partial charge in [-0.3, -0.25) is 9.59 Å². The SMILES string of the molecule is CC(=O)c1ccc(NC(=O)[C@H]2COc3ccccc3O2)cc1. The quantitative estimate of drug-likeness (QED) is 0.885. The van der Waals surface area contributed by atoms with Gasteiger partial charge in [-0.25, -0.2) is 0 Å². The summed E-state index contributed by atoms with van der Waals surface area (Å²) in [6.07, 6.45) is -0.706. The second-order valence-electron chi connectivity index (χ2n) is 4.99. The number of ether oxygens (including phenoxy) is 2. The van der Waals surface area contributed by atoms with E-state index < -0.39 is 6.10 Å². The van der Waals surface area contributed by atoms with E-state index in [4.69, 9.17) is 9.47 Å². The van der Waals surface area contributed by atoms with E-state index >= 15 is 0 Å². The van der Waals surface area contributed by atoms with Crippen LogP contribution in [0.25, 0.3) is 0 Å². The molecule has 1 N–H and O–H groups in total. The van der Waals surface area contributed by atoms with Crippen molar-refractivity contribution in [3.05, 3.63) is 54.1 Å². The van der Waals surface area contributed by atoms with Crippen LogP contribution in [0.3, 0.4) is 0 Å². The van der Waals surface area contributed by atoms with Crippen LogP contribution in [0.15, 0.2) is 48.5 Å². The van der Waals surface area contributed by atoms with Crippen LogP contribution in [0.1, 0.15) is 17.3 Å². The van der Waals surface area contributed by atoms with Gasteiger partial charge in [-0.15, -0.1) is 0 Å². The van der Waals surface area contributed by atoms with Crippen molar-refractivity contribution in [1.82, 2.24) is 0 Å². The number of benzene rings is 2. The number of anilines is 1. The van der Waals surface area contributed by atoms with Gasteiger partial charge in [0.25, 0.3) is 5.91 Å². The van der Waals surface area contributed by atoms with Gasteiger partial charge in [-0.1, -0.05) is 12.1 Å². The highest BCUT2D eigenvalue weighted by atomic mass is 16.6. The Kier molecular flexibility index (Phi) is 3.78. The first kappa shape index (κ1) is 14.1. The Balaban J connectivity index is 1.66. The largest absolute Gasteiger partial charge is 0.485 e. The number of hydrogen-bond acceptors (Lipinski definition) is 4. The molecular formula is C17H15NO4. The van der Waals surface area contributed by atoms with Gasteiger partial charge >= 0.3 is 0 Å². The Morgan fingerprint density at radius 3 is 2.41 bits per heavy atom. The number of carbonyl (C=O) groups is 2. The van der Waals surface area contributed by atoms with Gasteiger partial charge in [0.15, 0.2) is 17.3 Å². The molecule has 5 heteroatoms. The van der Waals surface area contributed by atoms with Crippen molar-refractivity contribution < 1.29 is 19.1 Å². The zero-order valence-electron chi connectivity index (χ0n) is 12.0. The highest BCUT2D eigenvalue weighted by Gasteiger charge is 2.27. The Morgan fingerprint density at radius 1 is 1.05 bits per heavy atom. The topological polar surface area (TPSA) is 64.6 Å². The summed E-state index contributed by atoms with van der Waals surface area (Å²) in [7, 11) is 0. The highest BCUT2D eigenvalue weighted by Crippen LogP contribution is 2.31. The molecule has 2 aromatic rings. The third kappa shape index (κ3) is 2.93. The normalized spacial score (nSPS) is 16.0. The van der Waals surface area contributed by atoms with Gasteiger partial charge in [-0.2, -0.15) is 0 Å². The van der Waals surface area contributed by atoms with Crippen LogP contribution in [0, 0.1) is 0 Å². The Labute approximate surface area is 127 Å². The molecule has 22 heavy (non-hydrogen) atoms. The molecule has 112 valence electrons. The molecule has 0 radical (unpaired) electrons. The zero-order valence-corrected chi connectivity index (χ0v) is 12.0. The van der Waals surface area contributed by atoms with Crippen LogP contribution in [0.4, 0.5) is 5.69 Å². The average molecular weight is 297 g/mol. The third-order valence-electron chi connectivity index (χ3n) is 3.36. The number of carbonyl (C=O) groups excluding carboxylic acids is 2. The minimum atomic E-state index is -0.706. The lowest BCUT2D eigenvalue weighted by Gasteiger charge is -2.25. The first-order chi connectivity index (χ1) is 10.6. The lowest BCUT2D eigenvalue weighted by atomic mass is 10.1. The summed E-state index contributed by atoms with van der Waals surface area (Å²) in [5.74, 6) is 0.891. The maximum absolute atomic E-state index is 12.2. The molecule has 1 aliphatic rings. The van der Waals surface area contributed by atoms with Crippen molar-refractivity contribution in [2.24, 2.45) is 0 Å². The molecule has 0 aliphatic carbocycles. The summed E-state index contributed by atoms with van der Waals surface area (Å²) >= 11 is 0. The lowest BCUT2D eigenvalue weighted by molar-refractivity contribution is -0.125. The number of para-hydroxylation sites is 2. The minimum Gasteiger partial charge on any atom is -0.485 e. The van der Waals surface area contributed by atoms with Crippen LogP contribution < -0.4 is 14.8 Å². The van der Waals surface area contributed by atoms with Crippen molar-refractivity contribution in [2.75, 3.05) is 11.9 Å². The third-order valence-corrected chi connectivity index (χ3v) is 3.36. The standard InChI is InChI=1S/C17H15NO4/c1-11(19)12-6-8-13(9-7-12)18-17(20)16-10-21-14-4-2-3-5-15(14)22-16/h2-9,16H,10H2,1H3,(H,18,20)/t16-/m1/s1. The van der Waals surface area contributed by atoms with Crippen LogP contribution in [-0.2, 0) is 4.79 Å². The van der Waals surface area contributed by atoms with Crippen molar-refractivity contribution in [2.45, 2.75) is 13.0 Å². The number of ketones is 1. The number of rotatable bonds is 3. The molecule has 0 aromatic heterocycles. The van der Waals surface area contributed by atoms with Gasteiger partial charge in [0.05, 0.1) is 0 Å². The van der Waals surface area contributed by atoms with Crippen LogP contribution in [0.5, 0.6) is 11.5 Å².